The Kier molecular flexibility index (Phi) is 6.07. The van der Waals surface area contributed by atoms with Crippen LogP contribution in [0, 0.1) is 0 Å². The molecule has 1 N–H and O–H groups in total. The Balaban J connectivity index is 1.33. The van der Waals surface area contributed by atoms with Crippen molar-refractivity contribution in [3.8, 4) is 17.1 Å². The molecule has 36 heavy (non-hydrogen) atoms. The van der Waals surface area contributed by atoms with E-state index < -0.39 is 15.4 Å². The van der Waals surface area contributed by atoms with Crippen molar-refractivity contribution in [2.45, 2.75) is 42.2 Å². The van der Waals surface area contributed by atoms with Crippen LogP contribution >= 0.6 is 0 Å². The van der Waals surface area contributed by atoms with Crippen LogP contribution in [0.25, 0.3) is 11.3 Å². The van der Waals surface area contributed by atoms with Crippen LogP contribution in [-0.2, 0) is 9.84 Å². The van der Waals surface area contributed by atoms with Crippen LogP contribution in [0.2, 0.25) is 0 Å². The summed E-state index contributed by atoms with van der Waals surface area (Å²) in [7, 11) is -1.84. The molecule has 2 amide bonds. The van der Waals surface area contributed by atoms with Gasteiger partial charge in [-0.15, -0.1) is 0 Å². The average Bonchev–Trinajstić information content (AvgIpc) is 3.59. The van der Waals surface area contributed by atoms with Gasteiger partial charge >= 0.3 is 0 Å². The highest BCUT2D eigenvalue weighted by atomic mass is 32.2. The Morgan fingerprint density at radius 3 is 2.64 bits per heavy atom. The number of nitrogens with zero attached hydrogens (tertiary/aromatic N) is 2. The normalized spacial score (nSPS) is 21.3. The molecule has 9 nitrogen and oxygen atoms in total. The fraction of sp³-hybridized carbons (Fsp3) is 0.346. The van der Waals surface area contributed by atoms with Crippen molar-refractivity contribution in [2.24, 2.45) is 0 Å². The number of amides is 2. The number of rotatable bonds is 6. The van der Waals surface area contributed by atoms with Gasteiger partial charge in [0.1, 0.15) is 5.75 Å². The van der Waals surface area contributed by atoms with Crippen LogP contribution in [0.5, 0.6) is 5.75 Å². The molecule has 2 aromatic carbocycles. The Morgan fingerprint density at radius 2 is 1.92 bits per heavy atom. The first-order valence-corrected chi connectivity index (χ1v) is 13.6. The Bertz CT molecular complexity index is 1420. The average molecular weight is 510 g/mol. The van der Waals surface area contributed by atoms with E-state index in [1.807, 2.05) is 12.1 Å². The van der Waals surface area contributed by atoms with E-state index in [2.05, 4.69) is 10.5 Å². The highest BCUT2D eigenvalue weighted by Gasteiger charge is 2.53. The van der Waals surface area contributed by atoms with Gasteiger partial charge in [0, 0.05) is 30.0 Å². The van der Waals surface area contributed by atoms with Gasteiger partial charge in [0.05, 0.1) is 23.6 Å². The predicted molar refractivity (Wildman–Crippen MR) is 132 cm³/mol. The molecule has 1 aromatic heterocycles. The van der Waals surface area contributed by atoms with Gasteiger partial charge in [0.2, 0.25) is 0 Å². The zero-order chi connectivity index (χ0) is 25.5. The number of methoxy groups -OCH3 is 1. The van der Waals surface area contributed by atoms with Crippen LogP contribution < -0.4 is 10.1 Å². The fourth-order valence-electron chi connectivity index (χ4n) is 5.31. The van der Waals surface area contributed by atoms with E-state index in [0.29, 0.717) is 24.5 Å². The third-order valence-corrected chi connectivity index (χ3v) is 8.28. The van der Waals surface area contributed by atoms with E-state index in [1.54, 1.807) is 42.3 Å². The lowest BCUT2D eigenvalue weighted by Crippen LogP contribution is -2.54. The molecule has 1 aliphatic carbocycles. The predicted octanol–water partition coefficient (Wildman–Crippen LogP) is 3.32. The standard InChI is InChI=1S/C26H27N3O6S/c1-34-19-10-8-17(9-11-19)22-16-21(28-35-22)25(31)29-14-13-26(12-4-7-23(26)29)27-24(30)18-5-3-6-20(15-18)36(2,32)33/h3,5-6,8-11,15-16,23H,4,7,12-14H2,1-2H3,(H,27,30)/t23-,26+/m0/s1. The van der Waals surface area contributed by atoms with Crippen molar-refractivity contribution in [2.75, 3.05) is 19.9 Å². The van der Waals surface area contributed by atoms with Crippen LogP contribution in [0.1, 0.15) is 46.5 Å². The molecule has 2 fully saturated rings. The van der Waals surface area contributed by atoms with Crippen LogP contribution in [0.15, 0.2) is 64.0 Å². The van der Waals surface area contributed by atoms with Gasteiger partial charge in [-0.25, -0.2) is 8.42 Å². The maximum atomic E-state index is 13.4. The second kappa shape index (κ2) is 9.09. The third-order valence-electron chi connectivity index (χ3n) is 7.16. The summed E-state index contributed by atoms with van der Waals surface area (Å²) in [6, 6.07) is 14.8. The molecule has 0 unspecified atom stereocenters. The van der Waals surface area contributed by atoms with Crippen molar-refractivity contribution in [3.05, 3.63) is 65.9 Å². The summed E-state index contributed by atoms with van der Waals surface area (Å²) in [5.74, 6) is 0.622. The summed E-state index contributed by atoms with van der Waals surface area (Å²) >= 11 is 0. The minimum absolute atomic E-state index is 0.0949. The van der Waals surface area contributed by atoms with E-state index in [-0.39, 0.29) is 34.0 Å². The van der Waals surface area contributed by atoms with E-state index >= 15 is 0 Å². The molecule has 0 spiro atoms. The van der Waals surface area contributed by atoms with Crippen LogP contribution in [0.3, 0.4) is 0 Å². The summed E-state index contributed by atoms with van der Waals surface area (Å²) in [5.41, 5.74) is 0.720. The van der Waals surface area contributed by atoms with Crippen molar-refractivity contribution in [3.63, 3.8) is 0 Å². The molecule has 1 saturated heterocycles. The number of sulfone groups is 1. The number of carbonyl (C=O) groups is 2. The Hall–Kier alpha value is -3.66. The smallest absolute Gasteiger partial charge is 0.276 e. The minimum atomic E-state index is -3.43. The summed E-state index contributed by atoms with van der Waals surface area (Å²) in [6.07, 6.45) is 4.10. The summed E-state index contributed by atoms with van der Waals surface area (Å²) < 4.78 is 34.4. The van der Waals surface area contributed by atoms with Gasteiger partial charge in [-0.05, 0) is 68.1 Å². The molecule has 5 rings (SSSR count). The number of likely N-dealkylation sites (tertiary alicyclic amines) is 1. The van der Waals surface area contributed by atoms with Crippen molar-refractivity contribution >= 4 is 21.7 Å². The number of nitrogens with one attached hydrogen (secondary N) is 1. The molecule has 0 bridgehead atoms. The highest BCUT2D eigenvalue weighted by Crippen LogP contribution is 2.42. The molecule has 2 aliphatic rings. The molecule has 2 heterocycles. The summed E-state index contributed by atoms with van der Waals surface area (Å²) in [6.45, 7) is 0.484. The fourth-order valence-corrected chi connectivity index (χ4v) is 5.97. The Labute approximate surface area is 209 Å². The number of fused-ring (bicyclic) bond motifs is 1. The lowest BCUT2D eigenvalue weighted by atomic mass is 9.92. The second-order valence-corrected chi connectivity index (χ2v) is 11.4. The number of ether oxygens (including phenoxy) is 1. The maximum absolute atomic E-state index is 13.4. The van der Waals surface area contributed by atoms with Gasteiger partial charge in [-0.3, -0.25) is 9.59 Å². The maximum Gasteiger partial charge on any atom is 0.276 e. The van der Waals surface area contributed by atoms with Gasteiger partial charge in [0.25, 0.3) is 11.8 Å². The molecule has 0 radical (unpaired) electrons. The second-order valence-electron chi connectivity index (χ2n) is 9.37. The minimum Gasteiger partial charge on any atom is -0.497 e. The Morgan fingerprint density at radius 1 is 1.14 bits per heavy atom. The zero-order valence-electron chi connectivity index (χ0n) is 20.1. The quantitative estimate of drug-likeness (QED) is 0.541. The highest BCUT2D eigenvalue weighted by molar-refractivity contribution is 7.90. The number of hydrogen-bond acceptors (Lipinski definition) is 7. The molecule has 1 saturated carbocycles. The molecule has 1 aliphatic heterocycles. The lowest BCUT2D eigenvalue weighted by Gasteiger charge is -2.33. The molecule has 3 aromatic rings. The molecular formula is C26H27N3O6S. The van der Waals surface area contributed by atoms with Gasteiger partial charge < -0.3 is 19.5 Å². The summed E-state index contributed by atoms with van der Waals surface area (Å²) in [4.78, 5) is 28.4. The monoisotopic (exact) mass is 509 g/mol. The molecule has 2 atom stereocenters. The molecular weight excluding hydrogens is 482 g/mol. The van der Waals surface area contributed by atoms with Crippen LogP contribution in [-0.4, -0.2) is 61.8 Å². The summed E-state index contributed by atoms with van der Waals surface area (Å²) in [5, 5.41) is 7.16. The topological polar surface area (TPSA) is 119 Å². The molecule has 188 valence electrons. The van der Waals surface area contributed by atoms with Gasteiger partial charge in [0.15, 0.2) is 21.3 Å². The van der Waals surface area contributed by atoms with Crippen LogP contribution in [0.4, 0.5) is 0 Å². The van der Waals surface area contributed by atoms with Crippen molar-refractivity contribution in [1.82, 2.24) is 15.4 Å². The number of carbonyl (C=O) groups excluding carboxylic acids is 2. The van der Waals surface area contributed by atoms with E-state index in [4.69, 9.17) is 9.26 Å². The van der Waals surface area contributed by atoms with E-state index in [0.717, 1.165) is 31.1 Å². The van der Waals surface area contributed by atoms with E-state index in [1.165, 1.54) is 12.1 Å². The lowest BCUT2D eigenvalue weighted by molar-refractivity contribution is 0.0685. The number of aromatic nitrogens is 1. The SMILES string of the molecule is COc1ccc(-c2cc(C(=O)N3CC[C@]4(NC(=O)c5cccc(S(C)(=O)=O)c5)CCC[C@H]34)no2)cc1. The largest absolute Gasteiger partial charge is 0.497 e. The first-order chi connectivity index (χ1) is 17.2. The van der Waals surface area contributed by atoms with Crippen molar-refractivity contribution < 1.29 is 27.3 Å². The first-order valence-electron chi connectivity index (χ1n) is 11.7. The first kappa shape index (κ1) is 24.1. The number of benzene rings is 2. The third kappa shape index (κ3) is 4.37. The molecule has 10 heteroatoms. The zero-order valence-corrected chi connectivity index (χ0v) is 20.9. The van der Waals surface area contributed by atoms with Crippen molar-refractivity contribution in [1.29, 1.82) is 0 Å². The number of hydrogen-bond donors (Lipinski definition) is 1. The van der Waals surface area contributed by atoms with Gasteiger partial charge in [-0.1, -0.05) is 11.2 Å². The van der Waals surface area contributed by atoms with E-state index in [9.17, 15) is 18.0 Å². The van der Waals surface area contributed by atoms with Gasteiger partial charge in [-0.2, -0.15) is 0 Å².